The molecule has 3 aromatic rings. The van der Waals surface area contributed by atoms with Crippen LogP contribution in [-0.2, 0) is 10.0 Å². The maximum Gasteiger partial charge on any atom is 0.257 e. The largest absolute Gasteiger partial charge is 0.298 e. The van der Waals surface area contributed by atoms with Gasteiger partial charge in [-0.2, -0.15) is 0 Å². The first-order valence-corrected chi connectivity index (χ1v) is 10.3. The molecule has 1 amide bonds. The highest BCUT2D eigenvalue weighted by molar-refractivity contribution is 7.89. The average Bonchev–Trinajstić information content (AvgIpc) is 3.02. The lowest BCUT2D eigenvalue weighted by Gasteiger charge is -2.14. The SMILES string of the molecule is CCN(C)S(=O)(=O)c1ccc2nc(NC(=O)c3cccc(C)c3)sc2c1. The minimum Gasteiger partial charge on any atom is -0.298 e. The zero-order chi connectivity index (χ0) is 18.9. The van der Waals surface area contributed by atoms with E-state index in [9.17, 15) is 13.2 Å². The molecule has 1 heterocycles. The lowest BCUT2D eigenvalue weighted by atomic mass is 10.1. The molecule has 0 aliphatic heterocycles. The predicted molar refractivity (Wildman–Crippen MR) is 104 cm³/mol. The summed E-state index contributed by atoms with van der Waals surface area (Å²) in [7, 11) is -1.98. The summed E-state index contributed by atoms with van der Waals surface area (Å²) in [5.41, 5.74) is 2.20. The molecule has 3 rings (SSSR count). The van der Waals surface area contributed by atoms with Crippen molar-refractivity contribution in [2.75, 3.05) is 18.9 Å². The van der Waals surface area contributed by atoms with E-state index in [1.807, 2.05) is 19.1 Å². The third-order valence-electron chi connectivity index (χ3n) is 4.01. The van der Waals surface area contributed by atoms with Crippen LogP contribution in [0.5, 0.6) is 0 Å². The molecular formula is C18H19N3O3S2. The Morgan fingerprint density at radius 2 is 2.00 bits per heavy atom. The molecule has 0 unspecified atom stereocenters. The number of carbonyl (C=O) groups is 1. The van der Waals surface area contributed by atoms with Gasteiger partial charge >= 0.3 is 0 Å². The Morgan fingerprint density at radius 1 is 1.23 bits per heavy atom. The van der Waals surface area contributed by atoms with Gasteiger partial charge in [-0.25, -0.2) is 17.7 Å². The number of fused-ring (bicyclic) bond motifs is 1. The van der Waals surface area contributed by atoms with Crippen LogP contribution < -0.4 is 5.32 Å². The van der Waals surface area contributed by atoms with Crippen molar-refractivity contribution in [2.45, 2.75) is 18.7 Å². The number of benzene rings is 2. The van der Waals surface area contributed by atoms with E-state index >= 15 is 0 Å². The van der Waals surface area contributed by atoms with Crippen LogP contribution in [0.15, 0.2) is 47.4 Å². The third-order valence-corrected chi connectivity index (χ3v) is 6.88. The van der Waals surface area contributed by atoms with Gasteiger partial charge < -0.3 is 0 Å². The summed E-state index contributed by atoms with van der Waals surface area (Å²) in [6.07, 6.45) is 0. The van der Waals surface area contributed by atoms with Crippen LogP contribution in [0.3, 0.4) is 0 Å². The summed E-state index contributed by atoms with van der Waals surface area (Å²) < 4.78 is 26.9. The molecule has 8 heteroatoms. The van der Waals surface area contributed by atoms with Gasteiger partial charge in [0.05, 0.1) is 15.1 Å². The first-order valence-electron chi connectivity index (χ1n) is 8.06. The molecule has 0 fully saturated rings. The summed E-state index contributed by atoms with van der Waals surface area (Å²) in [5, 5.41) is 3.21. The summed E-state index contributed by atoms with van der Waals surface area (Å²) in [4.78, 5) is 16.9. The van der Waals surface area contributed by atoms with Crippen LogP contribution in [0.2, 0.25) is 0 Å². The number of aryl methyl sites for hydroxylation is 1. The monoisotopic (exact) mass is 389 g/mol. The maximum absolute atomic E-state index is 12.4. The van der Waals surface area contributed by atoms with Crippen molar-refractivity contribution in [3.63, 3.8) is 0 Å². The van der Waals surface area contributed by atoms with Gasteiger partial charge in [0.15, 0.2) is 5.13 Å². The fraction of sp³-hybridized carbons (Fsp3) is 0.222. The van der Waals surface area contributed by atoms with Crippen molar-refractivity contribution in [1.29, 1.82) is 0 Å². The lowest BCUT2D eigenvalue weighted by Crippen LogP contribution is -2.26. The molecule has 136 valence electrons. The molecule has 0 spiro atoms. The molecule has 26 heavy (non-hydrogen) atoms. The highest BCUT2D eigenvalue weighted by Gasteiger charge is 2.20. The minimum absolute atomic E-state index is 0.217. The van der Waals surface area contributed by atoms with E-state index in [0.29, 0.717) is 27.5 Å². The second-order valence-electron chi connectivity index (χ2n) is 5.89. The molecule has 0 saturated heterocycles. The van der Waals surface area contributed by atoms with E-state index in [0.717, 1.165) is 5.56 Å². The quantitative estimate of drug-likeness (QED) is 0.724. The molecule has 2 aromatic carbocycles. The van der Waals surface area contributed by atoms with E-state index in [4.69, 9.17) is 0 Å². The third kappa shape index (κ3) is 3.62. The molecule has 1 N–H and O–H groups in total. The number of hydrogen-bond donors (Lipinski definition) is 1. The lowest BCUT2D eigenvalue weighted by molar-refractivity contribution is 0.102. The smallest absolute Gasteiger partial charge is 0.257 e. The molecule has 0 radical (unpaired) electrons. The molecule has 0 aliphatic carbocycles. The second kappa shape index (κ2) is 7.14. The van der Waals surface area contributed by atoms with E-state index in [1.165, 1.54) is 21.7 Å². The Kier molecular flexibility index (Phi) is 5.08. The average molecular weight is 390 g/mol. The Labute approximate surface area is 156 Å². The van der Waals surface area contributed by atoms with Crippen molar-refractivity contribution in [1.82, 2.24) is 9.29 Å². The zero-order valence-corrected chi connectivity index (χ0v) is 16.3. The van der Waals surface area contributed by atoms with Crippen LogP contribution in [-0.4, -0.2) is 37.2 Å². The highest BCUT2D eigenvalue weighted by atomic mass is 32.2. The zero-order valence-electron chi connectivity index (χ0n) is 14.7. The predicted octanol–water partition coefficient (Wildman–Crippen LogP) is 3.50. The Balaban J connectivity index is 1.89. The summed E-state index contributed by atoms with van der Waals surface area (Å²) in [6.45, 7) is 4.09. The Morgan fingerprint density at radius 3 is 2.69 bits per heavy atom. The number of rotatable bonds is 5. The molecular weight excluding hydrogens is 370 g/mol. The number of sulfonamides is 1. The van der Waals surface area contributed by atoms with Crippen LogP contribution in [0.4, 0.5) is 5.13 Å². The molecule has 0 atom stereocenters. The molecule has 6 nitrogen and oxygen atoms in total. The van der Waals surface area contributed by atoms with Crippen LogP contribution >= 0.6 is 11.3 Å². The molecule has 1 aromatic heterocycles. The van der Waals surface area contributed by atoms with Crippen molar-refractivity contribution in [2.24, 2.45) is 0 Å². The van der Waals surface area contributed by atoms with Crippen LogP contribution in [0.25, 0.3) is 10.2 Å². The Hall–Kier alpha value is -2.29. The van der Waals surface area contributed by atoms with E-state index in [1.54, 1.807) is 38.2 Å². The summed E-state index contributed by atoms with van der Waals surface area (Å²) >= 11 is 1.25. The number of anilines is 1. The number of nitrogens with one attached hydrogen (secondary N) is 1. The Bertz CT molecular complexity index is 1070. The minimum atomic E-state index is -3.52. The van der Waals surface area contributed by atoms with Crippen molar-refractivity contribution in [3.8, 4) is 0 Å². The van der Waals surface area contributed by atoms with Gasteiger partial charge in [-0.15, -0.1) is 0 Å². The van der Waals surface area contributed by atoms with Crippen LogP contribution in [0, 0.1) is 6.92 Å². The number of nitrogens with zero attached hydrogens (tertiary/aromatic N) is 2. The molecule has 0 bridgehead atoms. The number of thiazole rings is 1. The van der Waals surface area contributed by atoms with Gasteiger partial charge in [-0.05, 0) is 37.3 Å². The standard InChI is InChI=1S/C18H19N3O3S2/c1-4-21(3)26(23,24)14-8-9-15-16(11-14)25-18(19-15)20-17(22)13-7-5-6-12(2)10-13/h5-11H,4H2,1-3H3,(H,19,20,22). The molecule has 0 saturated carbocycles. The van der Waals surface area contributed by atoms with Gasteiger partial charge in [-0.1, -0.05) is 36.0 Å². The van der Waals surface area contributed by atoms with E-state index in [2.05, 4.69) is 10.3 Å². The number of carbonyl (C=O) groups excluding carboxylic acids is 1. The number of aromatic nitrogens is 1. The first-order chi connectivity index (χ1) is 12.3. The summed E-state index contributed by atoms with van der Waals surface area (Å²) in [6, 6.07) is 12.1. The number of amides is 1. The van der Waals surface area contributed by atoms with Gasteiger partial charge in [0, 0.05) is 19.2 Å². The fourth-order valence-electron chi connectivity index (χ4n) is 2.42. The van der Waals surface area contributed by atoms with Gasteiger partial charge in [0.1, 0.15) is 0 Å². The second-order valence-corrected chi connectivity index (χ2v) is 8.97. The topological polar surface area (TPSA) is 79.4 Å². The fourth-order valence-corrected chi connectivity index (χ4v) is 4.61. The van der Waals surface area contributed by atoms with Crippen molar-refractivity contribution < 1.29 is 13.2 Å². The summed E-state index contributed by atoms with van der Waals surface area (Å²) in [5.74, 6) is -0.244. The van der Waals surface area contributed by atoms with E-state index in [-0.39, 0.29) is 10.8 Å². The number of hydrogen-bond acceptors (Lipinski definition) is 5. The highest BCUT2D eigenvalue weighted by Crippen LogP contribution is 2.29. The van der Waals surface area contributed by atoms with Crippen molar-refractivity contribution in [3.05, 3.63) is 53.6 Å². The van der Waals surface area contributed by atoms with E-state index < -0.39 is 10.0 Å². The van der Waals surface area contributed by atoms with Crippen molar-refractivity contribution >= 4 is 42.6 Å². The van der Waals surface area contributed by atoms with Gasteiger partial charge in [-0.3, -0.25) is 10.1 Å². The molecule has 0 aliphatic rings. The first kappa shape index (κ1) is 18.5. The van der Waals surface area contributed by atoms with Gasteiger partial charge in [0.25, 0.3) is 5.91 Å². The van der Waals surface area contributed by atoms with Gasteiger partial charge in [0.2, 0.25) is 10.0 Å². The maximum atomic E-state index is 12.4. The normalized spacial score (nSPS) is 11.8. The van der Waals surface area contributed by atoms with Crippen LogP contribution in [0.1, 0.15) is 22.8 Å².